The molecule has 16 heavy (non-hydrogen) atoms. The summed E-state index contributed by atoms with van der Waals surface area (Å²) in [6.45, 7) is 7.04. The summed E-state index contributed by atoms with van der Waals surface area (Å²) in [5.74, 6) is 0.846. The summed E-state index contributed by atoms with van der Waals surface area (Å²) in [7, 11) is -4.00. The van der Waals surface area contributed by atoms with E-state index >= 15 is 0 Å². The van der Waals surface area contributed by atoms with Gasteiger partial charge in [0.25, 0.3) is 0 Å². The second-order valence-corrected chi connectivity index (χ2v) is 8.96. The first kappa shape index (κ1) is 16.1. The Balaban J connectivity index is 3.60. The summed E-state index contributed by atoms with van der Waals surface area (Å²) in [5.41, 5.74) is 0.0776. The maximum atomic E-state index is 11.4. The van der Waals surface area contributed by atoms with E-state index in [1.165, 1.54) is 6.26 Å². The Morgan fingerprint density at radius 2 is 1.75 bits per heavy atom. The van der Waals surface area contributed by atoms with Crippen molar-refractivity contribution in [2.24, 2.45) is 0 Å². The minimum absolute atomic E-state index is 0.0201. The van der Waals surface area contributed by atoms with Crippen molar-refractivity contribution in [1.29, 1.82) is 0 Å². The minimum atomic E-state index is -2.98. The SMILES string of the molecule is CC(C)(C)NCCCS(=O)CCS(C)(=O)=O. The van der Waals surface area contributed by atoms with Crippen LogP contribution < -0.4 is 5.32 Å². The highest BCUT2D eigenvalue weighted by atomic mass is 32.2. The van der Waals surface area contributed by atoms with Gasteiger partial charge in [0.2, 0.25) is 0 Å². The van der Waals surface area contributed by atoms with E-state index in [1.54, 1.807) is 0 Å². The minimum Gasteiger partial charge on any atom is -0.312 e. The van der Waals surface area contributed by atoms with Gasteiger partial charge in [0.1, 0.15) is 9.84 Å². The number of sulfone groups is 1. The lowest BCUT2D eigenvalue weighted by Gasteiger charge is -2.20. The van der Waals surface area contributed by atoms with Gasteiger partial charge in [-0.1, -0.05) is 0 Å². The number of hydrogen-bond acceptors (Lipinski definition) is 4. The van der Waals surface area contributed by atoms with Crippen LogP contribution in [0.25, 0.3) is 0 Å². The second kappa shape index (κ2) is 6.71. The molecule has 4 nitrogen and oxygen atoms in total. The van der Waals surface area contributed by atoms with Crippen LogP contribution in [-0.2, 0) is 20.6 Å². The molecule has 0 spiro atoms. The molecule has 98 valence electrons. The van der Waals surface area contributed by atoms with E-state index in [9.17, 15) is 12.6 Å². The summed E-state index contributed by atoms with van der Waals surface area (Å²) < 4.78 is 33.1. The molecule has 0 radical (unpaired) electrons. The predicted molar refractivity (Wildman–Crippen MR) is 70.0 cm³/mol. The molecule has 0 amide bonds. The van der Waals surface area contributed by atoms with Crippen LogP contribution in [0.5, 0.6) is 0 Å². The van der Waals surface area contributed by atoms with Crippen molar-refractivity contribution in [3.05, 3.63) is 0 Å². The van der Waals surface area contributed by atoms with Gasteiger partial charge in [0.15, 0.2) is 0 Å². The zero-order valence-electron chi connectivity index (χ0n) is 10.6. The first-order chi connectivity index (χ1) is 7.10. The van der Waals surface area contributed by atoms with Gasteiger partial charge < -0.3 is 5.32 Å². The molecular weight excluding hydrogens is 246 g/mol. The molecule has 0 heterocycles. The average molecular weight is 269 g/mol. The van der Waals surface area contributed by atoms with Gasteiger partial charge >= 0.3 is 0 Å². The third-order valence-electron chi connectivity index (χ3n) is 1.89. The highest BCUT2D eigenvalue weighted by Crippen LogP contribution is 1.98. The standard InChI is InChI=1S/C10H23NO3S2/c1-10(2,3)11-6-5-7-15(12)8-9-16(4,13)14/h11H,5-9H2,1-4H3. The molecule has 1 N–H and O–H groups in total. The first-order valence-corrected chi connectivity index (χ1v) is 8.93. The second-order valence-electron chi connectivity index (χ2n) is 5.01. The molecule has 0 aromatic carbocycles. The Kier molecular flexibility index (Phi) is 6.74. The van der Waals surface area contributed by atoms with Crippen LogP contribution in [0.3, 0.4) is 0 Å². The molecule has 0 saturated heterocycles. The van der Waals surface area contributed by atoms with Gasteiger partial charge in [0, 0.05) is 34.1 Å². The van der Waals surface area contributed by atoms with E-state index in [4.69, 9.17) is 0 Å². The maximum absolute atomic E-state index is 11.4. The molecule has 0 aliphatic rings. The van der Waals surface area contributed by atoms with Crippen LogP contribution >= 0.6 is 0 Å². The molecule has 0 rings (SSSR count). The number of nitrogens with one attached hydrogen (secondary N) is 1. The quantitative estimate of drug-likeness (QED) is 0.686. The Hall–Kier alpha value is 0.0600. The summed E-state index contributed by atoms with van der Waals surface area (Å²) in [6, 6.07) is 0. The highest BCUT2D eigenvalue weighted by Gasteiger charge is 2.09. The van der Waals surface area contributed by atoms with Gasteiger partial charge in [-0.3, -0.25) is 4.21 Å². The fourth-order valence-electron chi connectivity index (χ4n) is 1.04. The van der Waals surface area contributed by atoms with Gasteiger partial charge in [-0.25, -0.2) is 8.42 Å². The average Bonchev–Trinajstić information content (AvgIpc) is 2.06. The van der Waals surface area contributed by atoms with Crippen molar-refractivity contribution in [1.82, 2.24) is 5.32 Å². The Morgan fingerprint density at radius 3 is 2.19 bits per heavy atom. The van der Waals surface area contributed by atoms with Gasteiger partial charge in [-0.2, -0.15) is 0 Å². The number of rotatable bonds is 7. The normalized spacial score (nSPS) is 15.0. The lowest BCUT2D eigenvalue weighted by molar-refractivity contribution is 0.427. The zero-order valence-corrected chi connectivity index (χ0v) is 12.2. The Morgan fingerprint density at radius 1 is 1.19 bits per heavy atom. The van der Waals surface area contributed by atoms with Crippen molar-refractivity contribution >= 4 is 20.6 Å². The van der Waals surface area contributed by atoms with E-state index in [2.05, 4.69) is 26.1 Å². The van der Waals surface area contributed by atoms with Gasteiger partial charge in [-0.05, 0) is 33.7 Å². The molecule has 0 aliphatic carbocycles. The zero-order chi connectivity index (χ0) is 12.8. The van der Waals surface area contributed by atoms with Crippen LogP contribution in [0.4, 0.5) is 0 Å². The van der Waals surface area contributed by atoms with Crippen LogP contribution in [0.15, 0.2) is 0 Å². The van der Waals surface area contributed by atoms with Crippen LogP contribution in [-0.4, -0.2) is 48.2 Å². The molecule has 0 fully saturated rings. The molecule has 0 saturated carbocycles. The van der Waals surface area contributed by atoms with Crippen LogP contribution in [0.2, 0.25) is 0 Å². The van der Waals surface area contributed by atoms with Gasteiger partial charge in [0.05, 0.1) is 5.75 Å². The molecule has 6 heteroatoms. The molecule has 1 atom stereocenters. The number of hydrogen-bond donors (Lipinski definition) is 1. The molecular formula is C10H23NO3S2. The summed E-state index contributed by atoms with van der Waals surface area (Å²) >= 11 is 0. The third-order valence-corrected chi connectivity index (χ3v) is 4.49. The lowest BCUT2D eigenvalue weighted by Crippen LogP contribution is -2.36. The van der Waals surface area contributed by atoms with Crippen molar-refractivity contribution in [2.45, 2.75) is 32.7 Å². The van der Waals surface area contributed by atoms with E-state index < -0.39 is 20.6 Å². The van der Waals surface area contributed by atoms with Gasteiger partial charge in [-0.15, -0.1) is 0 Å². The van der Waals surface area contributed by atoms with E-state index in [0.29, 0.717) is 5.75 Å². The van der Waals surface area contributed by atoms with E-state index in [1.807, 2.05) is 0 Å². The molecule has 0 aromatic heterocycles. The Bertz CT molecular complexity index is 317. The first-order valence-electron chi connectivity index (χ1n) is 5.38. The smallest absolute Gasteiger partial charge is 0.148 e. The van der Waals surface area contributed by atoms with Crippen molar-refractivity contribution in [3.63, 3.8) is 0 Å². The predicted octanol–water partition coefficient (Wildman–Crippen LogP) is 0.558. The lowest BCUT2D eigenvalue weighted by atomic mass is 10.1. The fourth-order valence-corrected chi connectivity index (χ4v) is 3.67. The van der Waals surface area contributed by atoms with Crippen molar-refractivity contribution in [3.8, 4) is 0 Å². The Labute approximate surface area is 102 Å². The summed E-state index contributed by atoms with van der Waals surface area (Å²) in [4.78, 5) is 0. The largest absolute Gasteiger partial charge is 0.312 e. The highest BCUT2D eigenvalue weighted by molar-refractivity contribution is 7.92. The molecule has 0 aromatic rings. The van der Waals surface area contributed by atoms with E-state index in [-0.39, 0.29) is 17.0 Å². The van der Waals surface area contributed by atoms with Crippen molar-refractivity contribution in [2.75, 3.05) is 30.1 Å². The molecule has 0 aliphatic heterocycles. The van der Waals surface area contributed by atoms with Crippen LogP contribution in [0, 0.1) is 0 Å². The summed E-state index contributed by atoms with van der Waals surface area (Å²) in [5, 5.41) is 3.30. The van der Waals surface area contributed by atoms with Crippen LogP contribution in [0.1, 0.15) is 27.2 Å². The van der Waals surface area contributed by atoms with E-state index in [0.717, 1.165) is 13.0 Å². The summed E-state index contributed by atoms with van der Waals surface area (Å²) in [6.07, 6.45) is 1.99. The third kappa shape index (κ3) is 12.1. The molecule has 1 unspecified atom stereocenters. The topological polar surface area (TPSA) is 63.2 Å². The molecule has 0 bridgehead atoms. The van der Waals surface area contributed by atoms with Crippen molar-refractivity contribution < 1.29 is 12.6 Å². The fraction of sp³-hybridized carbons (Fsp3) is 1.00. The maximum Gasteiger partial charge on any atom is 0.148 e. The monoisotopic (exact) mass is 269 g/mol.